The molecule has 0 radical (unpaired) electrons. The molecule has 4 rings (SSSR count). The van der Waals surface area contributed by atoms with Gasteiger partial charge in [-0.15, -0.1) is 0 Å². The highest BCUT2D eigenvalue weighted by molar-refractivity contribution is 6.45. The van der Waals surface area contributed by atoms with Crippen molar-refractivity contribution in [1.82, 2.24) is 19.5 Å². The molecule has 1 aromatic carbocycles. The topological polar surface area (TPSA) is 70.8 Å². The zero-order valence-corrected chi connectivity index (χ0v) is 15.8. The lowest BCUT2D eigenvalue weighted by molar-refractivity contribution is 0.0482. The summed E-state index contributed by atoms with van der Waals surface area (Å²) in [5.41, 5.74) is 3.37. The number of likely N-dealkylation sites (tertiary alicyclic amines) is 1. The van der Waals surface area contributed by atoms with Crippen LogP contribution in [-0.2, 0) is 24.3 Å². The van der Waals surface area contributed by atoms with Gasteiger partial charge in [-0.05, 0) is 24.4 Å². The fraction of sp³-hybridized carbons (Fsp3) is 0.474. The first-order valence-corrected chi connectivity index (χ1v) is 9.47. The zero-order chi connectivity index (χ0) is 19.0. The number of nitrogens with zero attached hydrogens (tertiary/aromatic N) is 4. The number of ether oxygens (including phenoxy) is 1. The molecule has 1 fully saturated rings. The highest BCUT2D eigenvalue weighted by Crippen LogP contribution is 2.29. The first kappa shape index (κ1) is 18.1. The Labute approximate surface area is 159 Å². The number of hydrogen-bond acceptors (Lipinski definition) is 5. The molecule has 27 heavy (non-hydrogen) atoms. The molecule has 1 aromatic heterocycles. The lowest BCUT2D eigenvalue weighted by atomic mass is 9.80. The average Bonchev–Trinajstić information content (AvgIpc) is 3.01. The molecule has 0 bridgehead atoms. The van der Waals surface area contributed by atoms with Gasteiger partial charge in [0.2, 0.25) is 0 Å². The van der Waals surface area contributed by atoms with Gasteiger partial charge in [-0.25, -0.2) is 4.79 Å². The monoisotopic (exact) mass is 368 g/mol. The van der Waals surface area contributed by atoms with E-state index in [1.807, 2.05) is 41.2 Å². The minimum absolute atomic E-state index is 0.169. The predicted molar refractivity (Wildman–Crippen MR) is 102 cm³/mol. The third-order valence-corrected chi connectivity index (χ3v) is 5.55. The summed E-state index contributed by atoms with van der Waals surface area (Å²) in [5, 5.41) is 14.6. The van der Waals surface area contributed by atoms with Crippen LogP contribution in [0.1, 0.15) is 29.8 Å². The van der Waals surface area contributed by atoms with Gasteiger partial charge in [0.15, 0.2) is 0 Å². The Morgan fingerprint density at radius 3 is 2.78 bits per heavy atom. The van der Waals surface area contributed by atoms with Gasteiger partial charge in [-0.3, -0.25) is 4.68 Å². The van der Waals surface area contributed by atoms with E-state index in [0.29, 0.717) is 32.3 Å². The number of fused-ring (bicyclic) bond motifs is 1. The molecule has 2 aromatic rings. The first-order valence-electron chi connectivity index (χ1n) is 9.47. The van der Waals surface area contributed by atoms with Crippen molar-refractivity contribution in [3.05, 3.63) is 53.3 Å². The third-order valence-electron chi connectivity index (χ3n) is 5.55. The second-order valence-corrected chi connectivity index (χ2v) is 7.52. The molecule has 0 saturated carbocycles. The normalized spacial score (nSPS) is 20.1. The van der Waals surface area contributed by atoms with Crippen LogP contribution in [0.3, 0.4) is 0 Å². The van der Waals surface area contributed by atoms with E-state index in [1.54, 1.807) is 11.7 Å². The Bertz CT molecular complexity index is 805. The van der Waals surface area contributed by atoms with E-state index in [2.05, 4.69) is 16.8 Å². The Hall–Kier alpha value is -2.32. The number of amides is 1. The molecule has 2 aliphatic heterocycles. The van der Waals surface area contributed by atoms with Crippen LogP contribution in [-0.4, -0.2) is 56.8 Å². The van der Waals surface area contributed by atoms with Crippen LogP contribution in [0.2, 0.25) is 6.82 Å². The van der Waals surface area contributed by atoms with Crippen molar-refractivity contribution in [1.29, 1.82) is 0 Å². The molecule has 1 atom stereocenters. The van der Waals surface area contributed by atoms with Gasteiger partial charge in [-0.2, -0.15) is 5.10 Å². The SMILES string of the molecule is CB(O)N1Cc2c(cnn2C2CN(C(=O)OCc3ccccc3)C2)C[C@H]1C. The highest BCUT2D eigenvalue weighted by atomic mass is 16.6. The van der Waals surface area contributed by atoms with Crippen molar-refractivity contribution in [3.63, 3.8) is 0 Å². The number of hydrogen-bond donors (Lipinski definition) is 1. The van der Waals surface area contributed by atoms with Gasteiger partial charge in [0.05, 0.1) is 17.9 Å². The van der Waals surface area contributed by atoms with Crippen LogP contribution in [0.4, 0.5) is 4.79 Å². The molecular weight excluding hydrogens is 343 g/mol. The summed E-state index contributed by atoms with van der Waals surface area (Å²) >= 11 is 0. The van der Waals surface area contributed by atoms with Crippen LogP contribution >= 0.6 is 0 Å². The Morgan fingerprint density at radius 2 is 2.07 bits per heavy atom. The quantitative estimate of drug-likeness (QED) is 0.836. The smallest absolute Gasteiger partial charge is 0.410 e. The molecule has 7 nitrogen and oxygen atoms in total. The van der Waals surface area contributed by atoms with E-state index < -0.39 is 7.05 Å². The summed E-state index contributed by atoms with van der Waals surface area (Å²) < 4.78 is 7.41. The van der Waals surface area contributed by atoms with E-state index >= 15 is 0 Å². The van der Waals surface area contributed by atoms with Gasteiger partial charge in [-0.1, -0.05) is 37.3 Å². The largest absolute Gasteiger partial charge is 0.445 e. The summed E-state index contributed by atoms with van der Waals surface area (Å²) in [6.07, 6.45) is 2.53. The average molecular weight is 368 g/mol. The predicted octanol–water partition coefficient (Wildman–Crippen LogP) is 1.93. The van der Waals surface area contributed by atoms with Crippen molar-refractivity contribution in [3.8, 4) is 0 Å². The van der Waals surface area contributed by atoms with Gasteiger partial charge < -0.3 is 19.5 Å². The molecule has 0 aliphatic carbocycles. The number of benzene rings is 1. The summed E-state index contributed by atoms with van der Waals surface area (Å²) in [5.74, 6) is 0. The molecule has 1 saturated heterocycles. The molecule has 0 spiro atoms. The van der Waals surface area contributed by atoms with Crippen LogP contribution in [0.5, 0.6) is 0 Å². The summed E-state index contributed by atoms with van der Waals surface area (Å²) in [6.45, 7) is 6.11. The molecule has 2 aliphatic rings. The van der Waals surface area contributed by atoms with Crippen molar-refractivity contribution < 1.29 is 14.6 Å². The highest BCUT2D eigenvalue weighted by Gasteiger charge is 2.37. The summed E-state index contributed by atoms with van der Waals surface area (Å²) in [7, 11) is -0.484. The summed E-state index contributed by atoms with van der Waals surface area (Å²) in [6, 6.07) is 10.1. The van der Waals surface area contributed by atoms with Crippen LogP contribution in [0.25, 0.3) is 0 Å². The van der Waals surface area contributed by atoms with Crippen LogP contribution < -0.4 is 0 Å². The molecule has 3 heterocycles. The number of carbonyl (C=O) groups excluding carboxylic acids is 1. The minimum Gasteiger partial charge on any atom is -0.445 e. The van der Waals surface area contributed by atoms with E-state index in [0.717, 1.165) is 17.7 Å². The van der Waals surface area contributed by atoms with Gasteiger partial charge in [0.1, 0.15) is 6.61 Å². The molecular formula is C19H25BN4O3. The number of rotatable bonds is 4. The van der Waals surface area contributed by atoms with Gasteiger partial charge in [0.25, 0.3) is 0 Å². The second-order valence-electron chi connectivity index (χ2n) is 7.52. The Kier molecular flexibility index (Phi) is 4.93. The van der Waals surface area contributed by atoms with Crippen molar-refractivity contribution >= 4 is 13.1 Å². The Morgan fingerprint density at radius 1 is 1.33 bits per heavy atom. The number of carbonyl (C=O) groups is 1. The fourth-order valence-corrected chi connectivity index (χ4v) is 3.92. The van der Waals surface area contributed by atoms with Crippen molar-refractivity contribution in [2.24, 2.45) is 0 Å². The number of aromatic nitrogens is 2. The molecule has 8 heteroatoms. The van der Waals surface area contributed by atoms with Crippen molar-refractivity contribution in [2.45, 2.75) is 45.4 Å². The maximum Gasteiger partial charge on any atom is 0.410 e. The van der Waals surface area contributed by atoms with E-state index in [1.165, 1.54) is 5.56 Å². The summed E-state index contributed by atoms with van der Waals surface area (Å²) in [4.78, 5) is 16.0. The fourth-order valence-electron chi connectivity index (χ4n) is 3.92. The lowest BCUT2D eigenvalue weighted by Crippen LogP contribution is -2.52. The molecule has 0 unspecified atom stereocenters. The zero-order valence-electron chi connectivity index (χ0n) is 15.8. The second kappa shape index (κ2) is 7.36. The lowest BCUT2D eigenvalue weighted by Gasteiger charge is -2.40. The maximum absolute atomic E-state index is 12.2. The third kappa shape index (κ3) is 3.59. The molecule has 142 valence electrons. The molecule has 1 N–H and O–H groups in total. The van der Waals surface area contributed by atoms with Crippen molar-refractivity contribution in [2.75, 3.05) is 13.1 Å². The minimum atomic E-state index is -0.484. The maximum atomic E-state index is 12.2. The standard InChI is InChI=1S/C19H25BN4O3/c1-14-8-16-9-21-24(18(16)12-23(14)20(2)26)17-10-22(11-17)19(25)27-13-15-6-4-3-5-7-15/h3-7,9,14,17,26H,8,10-13H2,1-2H3/t14-/m1/s1. The van der Waals surface area contributed by atoms with Crippen LogP contribution in [0.15, 0.2) is 36.5 Å². The van der Waals surface area contributed by atoms with E-state index in [9.17, 15) is 9.82 Å². The Balaban J connectivity index is 1.34. The van der Waals surface area contributed by atoms with E-state index in [4.69, 9.17) is 4.74 Å². The molecule has 1 amide bonds. The van der Waals surface area contributed by atoms with E-state index in [-0.39, 0.29) is 12.1 Å². The first-order chi connectivity index (χ1) is 13.0. The van der Waals surface area contributed by atoms with Gasteiger partial charge in [0, 0.05) is 25.7 Å². The van der Waals surface area contributed by atoms with Gasteiger partial charge >= 0.3 is 13.1 Å². The van der Waals surface area contributed by atoms with Crippen LogP contribution in [0, 0.1) is 0 Å².